The Labute approximate surface area is 102 Å². The zero-order chi connectivity index (χ0) is 11.3. The van der Waals surface area contributed by atoms with E-state index >= 15 is 0 Å². The number of carbonyl (C=O) groups excluding carboxylic acids is 1. The third-order valence-electron chi connectivity index (χ3n) is 2.28. The SMILES string of the molecule is CCOC(=O)C[C@@H](N)c1ccccc1C.Cl. The molecule has 0 saturated heterocycles. The lowest BCUT2D eigenvalue weighted by molar-refractivity contribution is -0.143. The first-order chi connectivity index (χ1) is 7.15. The van der Waals surface area contributed by atoms with Crippen molar-refractivity contribution in [1.29, 1.82) is 0 Å². The summed E-state index contributed by atoms with van der Waals surface area (Å²) >= 11 is 0. The Balaban J connectivity index is 0.00000225. The maximum Gasteiger partial charge on any atom is 0.307 e. The second kappa shape index (κ2) is 7.25. The number of esters is 1. The number of aryl methyl sites for hydroxylation is 1. The monoisotopic (exact) mass is 243 g/mol. The van der Waals surface area contributed by atoms with Crippen LogP contribution in [-0.4, -0.2) is 12.6 Å². The van der Waals surface area contributed by atoms with E-state index in [1.807, 2.05) is 31.2 Å². The zero-order valence-electron chi connectivity index (χ0n) is 9.60. The van der Waals surface area contributed by atoms with E-state index in [9.17, 15) is 4.79 Å². The molecule has 0 saturated carbocycles. The molecule has 2 N–H and O–H groups in total. The highest BCUT2D eigenvalue weighted by atomic mass is 35.5. The Hall–Kier alpha value is -1.06. The van der Waals surface area contributed by atoms with E-state index in [1.165, 1.54) is 0 Å². The molecule has 0 heterocycles. The van der Waals surface area contributed by atoms with E-state index in [0.29, 0.717) is 6.61 Å². The lowest BCUT2D eigenvalue weighted by Crippen LogP contribution is -2.18. The number of halogens is 1. The van der Waals surface area contributed by atoms with Crippen LogP contribution in [0.4, 0.5) is 0 Å². The number of rotatable bonds is 4. The van der Waals surface area contributed by atoms with Crippen LogP contribution in [0.3, 0.4) is 0 Å². The molecule has 0 aromatic heterocycles. The molecule has 3 nitrogen and oxygen atoms in total. The van der Waals surface area contributed by atoms with Crippen molar-refractivity contribution in [1.82, 2.24) is 0 Å². The van der Waals surface area contributed by atoms with Gasteiger partial charge in [-0.25, -0.2) is 0 Å². The Morgan fingerprint density at radius 1 is 1.44 bits per heavy atom. The van der Waals surface area contributed by atoms with Crippen LogP contribution < -0.4 is 5.73 Å². The molecule has 4 heteroatoms. The molecule has 0 aliphatic rings. The Kier molecular flexibility index (Phi) is 6.77. The van der Waals surface area contributed by atoms with E-state index in [-0.39, 0.29) is 30.8 Å². The number of nitrogens with two attached hydrogens (primary N) is 1. The van der Waals surface area contributed by atoms with Gasteiger partial charge in [-0.2, -0.15) is 0 Å². The number of hydrogen-bond donors (Lipinski definition) is 1. The van der Waals surface area contributed by atoms with Crippen molar-refractivity contribution in [2.75, 3.05) is 6.61 Å². The fraction of sp³-hybridized carbons (Fsp3) is 0.417. The smallest absolute Gasteiger partial charge is 0.307 e. The van der Waals surface area contributed by atoms with Crippen molar-refractivity contribution < 1.29 is 9.53 Å². The Morgan fingerprint density at radius 2 is 2.06 bits per heavy atom. The summed E-state index contributed by atoms with van der Waals surface area (Å²) in [6.07, 6.45) is 0.235. The van der Waals surface area contributed by atoms with Gasteiger partial charge in [0.2, 0.25) is 0 Å². The lowest BCUT2D eigenvalue weighted by Gasteiger charge is -2.13. The molecule has 0 unspecified atom stereocenters. The highest BCUT2D eigenvalue weighted by molar-refractivity contribution is 5.85. The van der Waals surface area contributed by atoms with Crippen molar-refractivity contribution >= 4 is 18.4 Å². The van der Waals surface area contributed by atoms with Gasteiger partial charge < -0.3 is 10.5 Å². The van der Waals surface area contributed by atoms with Crippen LogP contribution in [0.5, 0.6) is 0 Å². The van der Waals surface area contributed by atoms with Crippen molar-refractivity contribution in [3.63, 3.8) is 0 Å². The van der Waals surface area contributed by atoms with Crippen LogP contribution in [0.2, 0.25) is 0 Å². The predicted molar refractivity (Wildman–Crippen MR) is 66.6 cm³/mol. The molecule has 0 spiro atoms. The van der Waals surface area contributed by atoms with Gasteiger partial charge in [-0.15, -0.1) is 12.4 Å². The van der Waals surface area contributed by atoms with E-state index < -0.39 is 0 Å². The summed E-state index contributed by atoms with van der Waals surface area (Å²) in [5, 5.41) is 0. The van der Waals surface area contributed by atoms with Gasteiger partial charge >= 0.3 is 5.97 Å². The van der Waals surface area contributed by atoms with E-state index in [1.54, 1.807) is 6.92 Å². The molecule has 16 heavy (non-hydrogen) atoms. The molecular weight excluding hydrogens is 226 g/mol. The quantitative estimate of drug-likeness (QED) is 0.826. The van der Waals surface area contributed by atoms with Gasteiger partial charge in [-0.05, 0) is 25.0 Å². The van der Waals surface area contributed by atoms with Crippen molar-refractivity contribution in [2.24, 2.45) is 5.73 Å². The molecule has 0 fully saturated rings. The summed E-state index contributed by atoms with van der Waals surface area (Å²) in [6.45, 7) is 4.18. The van der Waals surface area contributed by atoms with Crippen LogP contribution in [0.25, 0.3) is 0 Å². The van der Waals surface area contributed by atoms with Crippen LogP contribution in [0, 0.1) is 6.92 Å². The van der Waals surface area contributed by atoms with Crippen molar-refractivity contribution in [3.05, 3.63) is 35.4 Å². The third kappa shape index (κ3) is 4.21. The van der Waals surface area contributed by atoms with Gasteiger partial charge in [-0.3, -0.25) is 4.79 Å². The fourth-order valence-electron chi connectivity index (χ4n) is 1.51. The van der Waals surface area contributed by atoms with Gasteiger partial charge in [0.1, 0.15) is 0 Å². The Morgan fingerprint density at radius 3 is 2.62 bits per heavy atom. The van der Waals surface area contributed by atoms with Crippen molar-refractivity contribution in [2.45, 2.75) is 26.3 Å². The molecular formula is C12H18ClNO2. The van der Waals surface area contributed by atoms with Crippen LogP contribution in [0.1, 0.15) is 30.5 Å². The summed E-state index contributed by atoms with van der Waals surface area (Å²) in [5.74, 6) is -0.242. The summed E-state index contributed by atoms with van der Waals surface area (Å²) in [7, 11) is 0. The largest absolute Gasteiger partial charge is 0.466 e. The molecule has 1 rings (SSSR count). The summed E-state index contributed by atoms with van der Waals surface area (Å²) in [6, 6.07) is 7.54. The average Bonchev–Trinajstić information content (AvgIpc) is 2.18. The van der Waals surface area contributed by atoms with Crippen LogP contribution in [-0.2, 0) is 9.53 Å². The lowest BCUT2D eigenvalue weighted by atomic mass is 10.00. The van der Waals surface area contributed by atoms with Gasteiger partial charge in [0, 0.05) is 6.04 Å². The molecule has 0 bridgehead atoms. The summed E-state index contributed by atoms with van der Waals surface area (Å²) < 4.78 is 4.85. The second-order valence-electron chi connectivity index (χ2n) is 3.47. The van der Waals surface area contributed by atoms with E-state index in [4.69, 9.17) is 10.5 Å². The van der Waals surface area contributed by atoms with Gasteiger partial charge in [0.25, 0.3) is 0 Å². The third-order valence-corrected chi connectivity index (χ3v) is 2.28. The number of benzene rings is 1. The van der Waals surface area contributed by atoms with E-state index in [2.05, 4.69) is 0 Å². The fourth-order valence-corrected chi connectivity index (χ4v) is 1.51. The van der Waals surface area contributed by atoms with Crippen LogP contribution >= 0.6 is 12.4 Å². The van der Waals surface area contributed by atoms with Crippen molar-refractivity contribution in [3.8, 4) is 0 Å². The molecule has 0 aliphatic heterocycles. The number of hydrogen-bond acceptors (Lipinski definition) is 3. The average molecular weight is 244 g/mol. The zero-order valence-corrected chi connectivity index (χ0v) is 10.4. The highest BCUT2D eigenvalue weighted by Crippen LogP contribution is 2.18. The molecule has 1 aromatic carbocycles. The number of carbonyl (C=O) groups is 1. The van der Waals surface area contributed by atoms with E-state index in [0.717, 1.165) is 11.1 Å². The minimum Gasteiger partial charge on any atom is -0.466 e. The molecule has 0 amide bonds. The maximum atomic E-state index is 11.2. The second-order valence-corrected chi connectivity index (χ2v) is 3.47. The van der Waals surface area contributed by atoms with Crippen LogP contribution in [0.15, 0.2) is 24.3 Å². The first kappa shape index (κ1) is 14.9. The highest BCUT2D eigenvalue weighted by Gasteiger charge is 2.13. The van der Waals surface area contributed by atoms with Gasteiger partial charge in [-0.1, -0.05) is 24.3 Å². The topological polar surface area (TPSA) is 52.3 Å². The number of ether oxygens (including phenoxy) is 1. The predicted octanol–water partition coefficient (Wildman–Crippen LogP) is 2.37. The first-order valence-electron chi connectivity index (χ1n) is 5.12. The molecule has 1 atom stereocenters. The minimum atomic E-state index is -0.273. The van der Waals surface area contributed by atoms with Gasteiger partial charge in [0.15, 0.2) is 0 Å². The molecule has 1 aromatic rings. The molecule has 0 aliphatic carbocycles. The first-order valence-corrected chi connectivity index (χ1v) is 5.12. The molecule has 90 valence electrons. The normalized spacial score (nSPS) is 11.4. The maximum absolute atomic E-state index is 11.2. The summed E-state index contributed by atoms with van der Waals surface area (Å²) in [4.78, 5) is 11.2. The molecule has 0 radical (unpaired) electrons. The standard InChI is InChI=1S/C12H17NO2.ClH/c1-3-15-12(14)8-11(13)10-7-5-4-6-9(10)2;/h4-7,11H,3,8,13H2,1-2H3;1H/t11-;/m1./s1. The Bertz CT molecular complexity index is 342. The summed E-state index contributed by atoms with van der Waals surface area (Å²) in [5.41, 5.74) is 8.04. The minimum absolute atomic E-state index is 0. The van der Waals surface area contributed by atoms with Gasteiger partial charge in [0.05, 0.1) is 13.0 Å².